The van der Waals surface area contributed by atoms with E-state index in [2.05, 4.69) is 15.3 Å². The van der Waals surface area contributed by atoms with E-state index >= 15 is 4.39 Å². The Kier molecular flexibility index (Phi) is 7.03. The normalized spacial score (nSPS) is 13.8. The molecule has 3 aromatic carbocycles. The molecule has 2 heterocycles. The number of rotatable bonds is 6. The Morgan fingerprint density at radius 2 is 1.59 bits per heavy atom. The third kappa shape index (κ3) is 5.49. The monoisotopic (exact) mass is 603 g/mol. The number of aromatic nitrogens is 5. The summed E-state index contributed by atoms with van der Waals surface area (Å²) in [7, 11) is -3.52. The summed E-state index contributed by atoms with van der Waals surface area (Å²) in [6.07, 6.45) is -1.52. The Morgan fingerprint density at radius 1 is 0.902 bits per heavy atom. The van der Waals surface area contributed by atoms with Gasteiger partial charge >= 0.3 is 6.18 Å². The van der Waals surface area contributed by atoms with Gasteiger partial charge in [-0.05, 0) is 66.9 Å². The third-order valence-corrected chi connectivity index (χ3v) is 8.01. The zero-order chi connectivity index (χ0) is 29.7. The van der Waals surface area contributed by atoms with Crippen LogP contribution in [0.5, 0.6) is 0 Å². The zero-order valence-electron chi connectivity index (χ0n) is 21.9. The van der Waals surface area contributed by atoms with Crippen LogP contribution in [0.1, 0.15) is 29.7 Å². The van der Waals surface area contributed by atoms with Gasteiger partial charge in [0.05, 0.1) is 22.5 Å². The average Bonchev–Trinajstić information content (AvgIpc) is 3.56. The van der Waals surface area contributed by atoms with E-state index < -0.39 is 27.4 Å². The van der Waals surface area contributed by atoms with Crippen LogP contribution in [0.25, 0.3) is 22.5 Å². The van der Waals surface area contributed by atoms with Crippen molar-refractivity contribution < 1.29 is 26.0 Å². The van der Waals surface area contributed by atoms with Crippen LogP contribution >= 0.6 is 11.6 Å². The molecule has 0 bridgehead atoms. The van der Waals surface area contributed by atoms with E-state index in [9.17, 15) is 21.6 Å². The lowest BCUT2D eigenvalue weighted by atomic mass is 9.94. The van der Waals surface area contributed by atoms with Crippen LogP contribution < -0.4 is 0 Å². The summed E-state index contributed by atoms with van der Waals surface area (Å²) in [5.74, 6) is 0.0350. The molecule has 0 N–H and O–H groups in total. The van der Waals surface area contributed by atoms with Crippen molar-refractivity contribution in [2.45, 2.75) is 30.6 Å². The van der Waals surface area contributed by atoms with Crippen molar-refractivity contribution in [3.8, 4) is 22.5 Å². The van der Waals surface area contributed by atoms with Gasteiger partial charge in [0.15, 0.2) is 21.2 Å². The summed E-state index contributed by atoms with van der Waals surface area (Å²) in [4.78, 5) is 3.75. The van der Waals surface area contributed by atoms with Crippen LogP contribution in [0.3, 0.4) is 0 Å². The number of hydrogen-bond acceptors (Lipinski definition) is 5. The molecule has 212 valence electrons. The van der Waals surface area contributed by atoms with Gasteiger partial charge in [0.1, 0.15) is 11.5 Å². The van der Waals surface area contributed by atoms with Crippen LogP contribution in [0.4, 0.5) is 17.6 Å². The van der Waals surface area contributed by atoms with Gasteiger partial charge in [-0.2, -0.15) is 13.2 Å². The molecule has 41 heavy (non-hydrogen) atoms. The zero-order valence-corrected chi connectivity index (χ0v) is 23.4. The van der Waals surface area contributed by atoms with Crippen LogP contribution in [0, 0.1) is 6.92 Å². The topological polar surface area (TPSA) is 82.7 Å². The minimum atomic E-state index is -4.69. The van der Waals surface area contributed by atoms with Crippen molar-refractivity contribution in [1.82, 2.24) is 24.5 Å². The highest BCUT2D eigenvalue weighted by Crippen LogP contribution is 2.37. The molecular weight excluding hydrogens is 582 g/mol. The Balaban J connectivity index is 1.75. The molecule has 0 fully saturated rings. The first-order valence-electron chi connectivity index (χ1n) is 12.1. The maximum absolute atomic E-state index is 16.5. The second-order valence-electron chi connectivity index (χ2n) is 9.59. The summed E-state index contributed by atoms with van der Waals surface area (Å²) in [6.45, 7) is 2.73. The molecule has 2 aromatic heterocycles. The van der Waals surface area contributed by atoms with E-state index in [1.807, 2.05) is 0 Å². The van der Waals surface area contributed by atoms with E-state index in [0.717, 1.165) is 12.5 Å². The summed E-state index contributed by atoms with van der Waals surface area (Å²) in [5.41, 5.74) is -1.56. The predicted octanol–water partition coefficient (Wildman–Crippen LogP) is 6.74. The smallest absolute Gasteiger partial charge is 0.301 e. The number of sulfone groups is 1. The number of alkyl halides is 4. The van der Waals surface area contributed by atoms with Crippen molar-refractivity contribution in [3.05, 3.63) is 107 Å². The Morgan fingerprint density at radius 3 is 2.22 bits per heavy atom. The molecule has 0 spiro atoms. The van der Waals surface area contributed by atoms with Gasteiger partial charge in [0.25, 0.3) is 0 Å². The number of benzene rings is 3. The minimum Gasteiger partial charge on any atom is -0.301 e. The molecule has 0 aliphatic heterocycles. The van der Waals surface area contributed by atoms with E-state index in [0.29, 0.717) is 16.1 Å². The van der Waals surface area contributed by atoms with Crippen LogP contribution in [-0.4, -0.2) is 39.2 Å². The van der Waals surface area contributed by atoms with Crippen molar-refractivity contribution in [2.75, 3.05) is 6.26 Å². The number of nitrogens with zero attached hydrogens (tertiary/aromatic N) is 5. The summed E-state index contributed by atoms with van der Waals surface area (Å²) in [6, 6.07) is 17.1. The third-order valence-electron chi connectivity index (χ3n) is 6.65. The highest BCUT2D eigenvalue weighted by Gasteiger charge is 2.36. The second-order valence-corrected chi connectivity index (χ2v) is 12.0. The molecule has 0 saturated carbocycles. The first-order valence-corrected chi connectivity index (χ1v) is 14.4. The number of hydrogen-bond donors (Lipinski definition) is 0. The molecule has 0 aliphatic carbocycles. The van der Waals surface area contributed by atoms with Crippen LogP contribution in [-0.2, 0) is 21.7 Å². The van der Waals surface area contributed by atoms with Gasteiger partial charge in [-0.3, -0.25) is 0 Å². The predicted molar refractivity (Wildman–Crippen MR) is 146 cm³/mol. The standard InChI is InChI=1S/C28H22ClF4N5O2S/c1-17-35-25(28(31,32)33)16-37(17)23-12-7-19(18-5-4-6-22(13-18)41(3,39)40)14-24(23)38-26(15-34-36-38)27(2,30)20-8-10-21(29)11-9-20/h4-16H,1-3H3. The molecule has 5 aromatic rings. The van der Waals surface area contributed by atoms with Crippen molar-refractivity contribution >= 4 is 21.4 Å². The van der Waals surface area contributed by atoms with E-state index in [1.165, 1.54) is 71.8 Å². The molecule has 1 unspecified atom stereocenters. The quantitative estimate of drug-likeness (QED) is 0.201. The molecule has 1 atom stereocenters. The van der Waals surface area contributed by atoms with E-state index in [1.54, 1.807) is 24.3 Å². The number of aryl methyl sites for hydroxylation is 1. The number of imidazole rings is 1. The second kappa shape index (κ2) is 10.1. The first kappa shape index (κ1) is 28.5. The fourth-order valence-electron chi connectivity index (χ4n) is 4.48. The van der Waals surface area contributed by atoms with Gasteiger partial charge in [0.2, 0.25) is 0 Å². The van der Waals surface area contributed by atoms with Gasteiger partial charge in [-0.25, -0.2) is 22.5 Å². The van der Waals surface area contributed by atoms with Crippen molar-refractivity contribution in [2.24, 2.45) is 0 Å². The van der Waals surface area contributed by atoms with Gasteiger partial charge in [-0.15, -0.1) is 5.10 Å². The fourth-order valence-corrected chi connectivity index (χ4v) is 5.27. The highest BCUT2D eigenvalue weighted by molar-refractivity contribution is 7.90. The minimum absolute atomic E-state index is 0.00285. The molecule has 0 saturated heterocycles. The SMILES string of the molecule is Cc1nc(C(F)(F)F)cn1-c1ccc(-c2cccc(S(C)(=O)=O)c2)cc1-n1nncc1C(C)(F)c1ccc(Cl)cc1. The van der Waals surface area contributed by atoms with Crippen molar-refractivity contribution in [1.29, 1.82) is 0 Å². The lowest BCUT2D eigenvalue weighted by Gasteiger charge is -2.23. The highest BCUT2D eigenvalue weighted by atomic mass is 35.5. The molecule has 0 radical (unpaired) electrons. The maximum Gasteiger partial charge on any atom is 0.434 e. The van der Waals surface area contributed by atoms with Crippen molar-refractivity contribution in [3.63, 3.8) is 0 Å². The lowest BCUT2D eigenvalue weighted by molar-refractivity contribution is -0.141. The van der Waals surface area contributed by atoms with Gasteiger partial charge in [0, 0.05) is 17.5 Å². The molecular formula is C28H22ClF4N5O2S. The average molecular weight is 604 g/mol. The van der Waals surface area contributed by atoms with Crippen LogP contribution in [0.2, 0.25) is 5.02 Å². The van der Waals surface area contributed by atoms with E-state index in [-0.39, 0.29) is 33.4 Å². The Labute approximate surface area is 238 Å². The largest absolute Gasteiger partial charge is 0.434 e. The van der Waals surface area contributed by atoms with Gasteiger partial charge < -0.3 is 4.57 Å². The van der Waals surface area contributed by atoms with Crippen LogP contribution in [0.15, 0.2) is 84.0 Å². The molecule has 13 heteroatoms. The van der Waals surface area contributed by atoms with E-state index in [4.69, 9.17) is 11.6 Å². The summed E-state index contributed by atoms with van der Waals surface area (Å²) >= 11 is 5.99. The number of halogens is 5. The molecule has 5 rings (SSSR count). The maximum atomic E-state index is 16.5. The lowest BCUT2D eigenvalue weighted by Crippen LogP contribution is -2.22. The molecule has 7 nitrogen and oxygen atoms in total. The fraction of sp³-hybridized carbons (Fsp3) is 0.179. The first-order chi connectivity index (χ1) is 19.2. The molecule has 0 amide bonds. The molecule has 0 aliphatic rings. The summed E-state index contributed by atoms with van der Waals surface area (Å²) in [5, 5.41) is 8.44. The van der Waals surface area contributed by atoms with Gasteiger partial charge in [-0.1, -0.05) is 47.1 Å². The summed E-state index contributed by atoms with van der Waals surface area (Å²) < 4.78 is 83.8. The Hall–Kier alpha value is -4.03. The Bertz CT molecular complexity index is 1860.